The zero-order chi connectivity index (χ0) is 5.15. The standard InChI is InChI=1S/C3H6O3.H3N.Zr/c1-2(4)3(5)6;;/h2,4H,1H3,(H,5,6);1H3;/q;;+2. The second-order valence-corrected chi connectivity index (χ2v) is 0.995. The van der Waals surface area contributed by atoms with Crippen LogP contribution in [0.15, 0.2) is 0 Å². The van der Waals surface area contributed by atoms with E-state index in [9.17, 15) is 9.90 Å². The molecule has 0 amide bonds. The molecule has 0 aliphatic rings. The van der Waals surface area contributed by atoms with E-state index in [4.69, 9.17) is 5.11 Å². The normalized spacial score (nSPS) is 10.2. The Kier molecular flexibility index (Phi) is 14.3. The van der Waals surface area contributed by atoms with Crippen molar-refractivity contribution >= 4 is 5.97 Å². The first-order chi connectivity index (χ1) is 2.64. The molecule has 0 saturated heterocycles. The van der Waals surface area contributed by atoms with E-state index in [1.165, 1.54) is 0 Å². The van der Waals surface area contributed by atoms with Gasteiger partial charge in [-0.2, -0.15) is 0 Å². The van der Waals surface area contributed by atoms with Crippen molar-refractivity contribution in [3.05, 3.63) is 0 Å². The summed E-state index contributed by atoms with van der Waals surface area (Å²) in [5.74, 6) is -1.44. The topological polar surface area (TPSA) is 96.9 Å². The maximum atomic E-state index is 9.34. The molecule has 5 heteroatoms. The summed E-state index contributed by atoms with van der Waals surface area (Å²) in [5.41, 5.74) is 0. The van der Waals surface area contributed by atoms with Gasteiger partial charge in [0.1, 0.15) is 0 Å². The molecule has 0 fully saturated rings. The average Bonchev–Trinajstić information content (AvgIpc) is 1.36. The quantitative estimate of drug-likeness (QED) is 0.536. The van der Waals surface area contributed by atoms with Crippen molar-refractivity contribution in [2.75, 3.05) is 0 Å². The van der Waals surface area contributed by atoms with Crippen molar-refractivity contribution < 1.29 is 41.2 Å². The summed E-state index contributed by atoms with van der Waals surface area (Å²) in [5, 5.41) is 17.3. The molecule has 4 nitrogen and oxygen atoms in total. The van der Waals surface area contributed by atoms with Crippen LogP contribution in [0.5, 0.6) is 0 Å². The largest absolute Gasteiger partial charge is 2.00 e. The Morgan fingerprint density at radius 3 is 1.88 bits per heavy atom. The zero-order valence-corrected chi connectivity index (χ0v) is 7.30. The number of carbonyl (C=O) groups excluding carboxylic acids is 1. The fourth-order valence-corrected chi connectivity index (χ4v) is 0. The molecule has 0 aliphatic carbocycles. The minimum atomic E-state index is -1.44. The van der Waals surface area contributed by atoms with E-state index in [2.05, 4.69) is 0 Å². The fourth-order valence-electron chi connectivity index (χ4n) is 0. The minimum Gasteiger partial charge on any atom is -0.547 e. The third-order valence-corrected chi connectivity index (χ3v) is 0.341. The molecule has 8 heavy (non-hydrogen) atoms. The monoisotopic (exact) mass is 197 g/mol. The Morgan fingerprint density at radius 2 is 1.88 bits per heavy atom. The maximum Gasteiger partial charge on any atom is 2.00 e. The van der Waals surface area contributed by atoms with E-state index in [-0.39, 0.29) is 32.4 Å². The van der Waals surface area contributed by atoms with Gasteiger partial charge in [-0.1, -0.05) is 0 Å². The molecule has 0 saturated carbocycles. The second kappa shape index (κ2) is 7.27. The Balaban J connectivity index is -0.000000125. The number of aliphatic hydroxyl groups is 1. The number of aliphatic hydroxyl groups excluding tert-OH is 1. The van der Waals surface area contributed by atoms with E-state index in [0.29, 0.717) is 0 Å². The number of quaternary nitrogens is 1. The van der Waals surface area contributed by atoms with Crippen molar-refractivity contribution in [3.63, 3.8) is 0 Å². The van der Waals surface area contributed by atoms with Gasteiger partial charge in [-0.05, 0) is 6.92 Å². The summed E-state index contributed by atoms with van der Waals surface area (Å²) in [6.45, 7) is 1.13. The number of rotatable bonds is 1. The molecule has 0 spiro atoms. The van der Waals surface area contributed by atoms with Crippen LogP contribution in [0.4, 0.5) is 0 Å². The first-order valence-corrected chi connectivity index (χ1v) is 1.53. The van der Waals surface area contributed by atoms with Crippen molar-refractivity contribution in [3.8, 4) is 0 Å². The van der Waals surface area contributed by atoms with Crippen LogP contribution in [0.1, 0.15) is 6.92 Å². The number of aliphatic carboxylic acids is 1. The first-order valence-electron chi connectivity index (χ1n) is 1.53. The second-order valence-electron chi connectivity index (χ2n) is 0.995. The molecule has 0 radical (unpaired) electrons. The van der Waals surface area contributed by atoms with Crippen LogP contribution >= 0.6 is 0 Å². The molecular weight excluding hydrogens is 189 g/mol. The molecule has 0 rings (SSSR count). The summed E-state index contributed by atoms with van der Waals surface area (Å²) >= 11 is 0. The molecule has 0 heterocycles. The molecule has 1 unspecified atom stereocenters. The van der Waals surface area contributed by atoms with Crippen molar-refractivity contribution in [2.45, 2.75) is 13.0 Å². The average molecular weight is 198 g/mol. The van der Waals surface area contributed by atoms with Gasteiger partial charge in [0, 0.05) is 0 Å². The van der Waals surface area contributed by atoms with E-state index < -0.39 is 12.1 Å². The number of carboxylic acid groups (broad SMARTS) is 1. The Morgan fingerprint density at radius 1 is 1.75 bits per heavy atom. The minimum absolute atomic E-state index is 0. The molecular formula is C3H9NO3Zr+2. The van der Waals surface area contributed by atoms with Gasteiger partial charge in [-0.15, -0.1) is 0 Å². The SMILES string of the molecule is CC(O)C(=O)[O-].[NH4+].[Zr+2]. The molecule has 0 aromatic carbocycles. The van der Waals surface area contributed by atoms with Gasteiger partial charge in [0.2, 0.25) is 0 Å². The van der Waals surface area contributed by atoms with E-state index in [1.807, 2.05) is 0 Å². The third kappa shape index (κ3) is 9.55. The van der Waals surface area contributed by atoms with E-state index >= 15 is 0 Å². The number of carboxylic acids is 1. The van der Waals surface area contributed by atoms with E-state index in [1.54, 1.807) is 0 Å². The molecule has 0 aliphatic heterocycles. The van der Waals surface area contributed by atoms with Crippen LogP contribution in [0.2, 0.25) is 0 Å². The van der Waals surface area contributed by atoms with Crippen LogP contribution in [0.3, 0.4) is 0 Å². The smallest absolute Gasteiger partial charge is 0.547 e. The fraction of sp³-hybridized carbons (Fsp3) is 0.667. The van der Waals surface area contributed by atoms with E-state index in [0.717, 1.165) is 6.92 Å². The molecule has 46 valence electrons. The van der Waals surface area contributed by atoms with Gasteiger partial charge in [0.15, 0.2) is 0 Å². The Bertz CT molecular complexity index is 65.5. The summed E-state index contributed by atoms with van der Waals surface area (Å²) < 4.78 is 0. The molecule has 0 aromatic rings. The Hall–Kier alpha value is 0.273. The van der Waals surface area contributed by atoms with Gasteiger partial charge in [-0.3, -0.25) is 0 Å². The molecule has 5 N–H and O–H groups in total. The predicted molar refractivity (Wildman–Crippen MR) is 22.7 cm³/mol. The van der Waals surface area contributed by atoms with Crippen molar-refractivity contribution in [1.82, 2.24) is 6.15 Å². The van der Waals surface area contributed by atoms with Gasteiger partial charge in [-0.25, -0.2) is 0 Å². The third-order valence-electron chi connectivity index (χ3n) is 0.341. The molecule has 0 bridgehead atoms. The summed E-state index contributed by atoms with van der Waals surface area (Å²) in [4.78, 5) is 9.34. The predicted octanol–water partition coefficient (Wildman–Crippen LogP) is -1.51. The van der Waals surface area contributed by atoms with Gasteiger partial charge in [0.05, 0.1) is 12.1 Å². The van der Waals surface area contributed by atoms with Crippen LogP contribution in [-0.2, 0) is 31.0 Å². The maximum absolute atomic E-state index is 9.34. The number of carbonyl (C=O) groups is 1. The number of hydrogen-bond acceptors (Lipinski definition) is 3. The van der Waals surface area contributed by atoms with Crippen LogP contribution < -0.4 is 11.3 Å². The van der Waals surface area contributed by atoms with Gasteiger partial charge in [0.25, 0.3) is 0 Å². The Labute approximate surface area is 66.6 Å². The first kappa shape index (κ1) is 15.7. The molecule has 0 aromatic heterocycles. The van der Waals surface area contributed by atoms with Crippen LogP contribution in [-0.4, -0.2) is 17.2 Å². The molecule has 1 atom stereocenters. The summed E-state index contributed by atoms with van der Waals surface area (Å²) in [7, 11) is 0. The number of hydrogen-bond donors (Lipinski definition) is 2. The zero-order valence-electron chi connectivity index (χ0n) is 4.84. The van der Waals surface area contributed by atoms with Gasteiger partial charge >= 0.3 is 26.2 Å². The van der Waals surface area contributed by atoms with Crippen LogP contribution in [0.25, 0.3) is 0 Å². The van der Waals surface area contributed by atoms with Gasteiger partial charge < -0.3 is 21.2 Å². The summed E-state index contributed by atoms with van der Waals surface area (Å²) in [6, 6.07) is 0. The van der Waals surface area contributed by atoms with Crippen molar-refractivity contribution in [1.29, 1.82) is 0 Å². The summed E-state index contributed by atoms with van der Waals surface area (Å²) in [6.07, 6.45) is -1.34. The van der Waals surface area contributed by atoms with Crippen molar-refractivity contribution in [2.24, 2.45) is 0 Å². The van der Waals surface area contributed by atoms with Crippen LogP contribution in [0, 0.1) is 0 Å².